The van der Waals surface area contributed by atoms with Crippen LogP contribution in [-0.4, -0.2) is 21.2 Å². The highest BCUT2D eigenvalue weighted by atomic mass is 32.2. The van der Waals surface area contributed by atoms with E-state index in [0.29, 0.717) is 22.6 Å². The Bertz CT molecular complexity index is 1050. The van der Waals surface area contributed by atoms with E-state index in [0.717, 1.165) is 25.7 Å². The van der Waals surface area contributed by atoms with Gasteiger partial charge in [0.25, 0.3) is 5.56 Å². The van der Waals surface area contributed by atoms with Gasteiger partial charge in [-0.3, -0.25) is 14.2 Å². The minimum atomic E-state index is -0.484. The molecule has 3 rings (SSSR count). The molecule has 152 valence electrons. The average Bonchev–Trinajstić information content (AvgIpc) is 2.73. The number of para-hydroxylation sites is 2. The van der Waals surface area contributed by atoms with Gasteiger partial charge in [-0.15, -0.1) is 0 Å². The van der Waals surface area contributed by atoms with Crippen molar-refractivity contribution in [3.05, 3.63) is 64.7 Å². The first kappa shape index (κ1) is 21.0. The second-order valence-corrected chi connectivity index (χ2v) is 7.69. The van der Waals surface area contributed by atoms with Crippen LogP contribution in [0, 0.1) is 5.82 Å². The van der Waals surface area contributed by atoms with E-state index < -0.39 is 5.82 Å². The van der Waals surface area contributed by atoms with Gasteiger partial charge in [0.15, 0.2) is 5.16 Å². The number of unbranched alkanes of at least 4 members (excludes halogenated alkanes) is 3. The van der Waals surface area contributed by atoms with Crippen LogP contribution in [0.1, 0.15) is 32.6 Å². The van der Waals surface area contributed by atoms with Crippen molar-refractivity contribution < 1.29 is 9.18 Å². The van der Waals surface area contributed by atoms with E-state index in [1.165, 1.54) is 23.9 Å². The summed E-state index contributed by atoms with van der Waals surface area (Å²) in [5.74, 6) is -0.795. The number of thioether (sulfide) groups is 1. The van der Waals surface area contributed by atoms with Crippen molar-refractivity contribution in [3.8, 4) is 0 Å². The van der Waals surface area contributed by atoms with Crippen LogP contribution in [0.25, 0.3) is 10.9 Å². The third kappa shape index (κ3) is 5.44. The standard InChI is InChI=1S/C22H24FN3O2S/c1-2-3-4-9-14-26-21(28)16-10-5-7-12-18(16)25-22(26)29-15-20(27)24-19-13-8-6-11-17(19)23/h5-8,10-13H,2-4,9,14-15H2,1H3,(H,24,27). The summed E-state index contributed by atoms with van der Waals surface area (Å²) in [4.78, 5) is 29.8. The molecule has 1 amide bonds. The molecule has 7 heteroatoms. The average molecular weight is 414 g/mol. The molecule has 0 unspecified atom stereocenters. The molecule has 0 bridgehead atoms. The third-order valence-corrected chi connectivity index (χ3v) is 5.52. The highest BCUT2D eigenvalue weighted by Gasteiger charge is 2.14. The Morgan fingerprint density at radius 3 is 2.66 bits per heavy atom. The molecule has 3 aromatic rings. The predicted molar refractivity (Wildman–Crippen MR) is 116 cm³/mol. The number of benzene rings is 2. The molecule has 0 radical (unpaired) electrons. The van der Waals surface area contributed by atoms with Gasteiger partial charge < -0.3 is 5.32 Å². The molecular formula is C22H24FN3O2S. The molecule has 0 fully saturated rings. The lowest BCUT2D eigenvalue weighted by atomic mass is 10.2. The minimum absolute atomic E-state index is 0.0358. The Hall–Kier alpha value is -2.67. The SMILES string of the molecule is CCCCCCn1c(SCC(=O)Nc2ccccc2F)nc2ccccc2c1=O. The summed E-state index contributed by atoms with van der Waals surface area (Å²) in [6.45, 7) is 2.70. The van der Waals surface area contributed by atoms with Gasteiger partial charge in [-0.2, -0.15) is 0 Å². The Morgan fingerprint density at radius 2 is 1.86 bits per heavy atom. The number of hydrogen-bond acceptors (Lipinski definition) is 4. The normalized spacial score (nSPS) is 11.0. The monoisotopic (exact) mass is 413 g/mol. The second-order valence-electron chi connectivity index (χ2n) is 6.75. The van der Waals surface area contributed by atoms with Crippen LogP contribution in [0.15, 0.2) is 58.5 Å². The van der Waals surface area contributed by atoms with Gasteiger partial charge in [-0.25, -0.2) is 9.37 Å². The topological polar surface area (TPSA) is 64.0 Å². The fraction of sp³-hybridized carbons (Fsp3) is 0.318. The first-order valence-electron chi connectivity index (χ1n) is 9.77. The van der Waals surface area contributed by atoms with Gasteiger partial charge in [0, 0.05) is 6.54 Å². The van der Waals surface area contributed by atoms with E-state index >= 15 is 0 Å². The Labute approximate surface area is 173 Å². The van der Waals surface area contributed by atoms with Gasteiger partial charge in [-0.05, 0) is 30.7 Å². The van der Waals surface area contributed by atoms with E-state index in [1.807, 2.05) is 12.1 Å². The second kappa shape index (κ2) is 10.2. The van der Waals surface area contributed by atoms with Crippen molar-refractivity contribution in [1.29, 1.82) is 0 Å². The van der Waals surface area contributed by atoms with Crippen molar-refractivity contribution in [3.63, 3.8) is 0 Å². The molecular weight excluding hydrogens is 389 g/mol. The van der Waals surface area contributed by atoms with Crippen LogP contribution in [-0.2, 0) is 11.3 Å². The summed E-state index contributed by atoms with van der Waals surface area (Å²) in [6, 6.07) is 13.2. The number of carbonyl (C=O) groups excluding carboxylic acids is 1. The highest BCUT2D eigenvalue weighted by Crippen LogP contribution is 2.20. The number of carbonyl (C=O) groups is 1. The number of nitrogens with one attached hydrogen (secondary N) is 1. The molecule has 0 saturated carbocycles. The first-order valence-corrected chi connectivity index (χ1v) is 10.8. The molecule has 0 atom stereocenters. The maximum atomic E-state index is 13.7. The van der Waals surface area contributed by atoms with Crippen LogP contribution < -0.4 is 10.9 Å². The third-order valence-electron chi connectivity index (χ3n) is 4.54. The molecule has 0 saturated heterocycles. The zero-order valence-electron chi connectivity index (χ0n) is 16.4. The number of nitrogens with zero attached hydrogens (tertiary/aromatic N) is 2. The van der Waals surface area contributed by atoms with Gasteiger partial charge >= 0.3 is 0 Å². The van der Waals surface area contributed by atoms with Crippen molar-refractivity contribution in [2.24, 2.45) is 0 Å². The molecule has 1 heterocycles. The van der Waals surface area contributed by atoms with Crippen molar-refractivity contribution >= 4 is 34.3 Å². The molecule has 1 N–H and O–H groups in total. The molecule has 1 aromatic heterocycles. The minimum Gasteiger partial charge on any atom is -0.323 e. The van der Waals surface area contributed by atoms with E-state index in [9.17, 15) is 14.0 Å². The van der Waals surface area contributed by atoms with Crippen LogP contribution in [0.3, 0.4) is 0 Å². The van der Waals surface area contributed by atoms with E-state index in [4.69, 9.17) is 0 Å². The summed E-state index contributed by atoms with van der Waals surface area (Å²) in [6.07, 6.45) is 4.14. The number of fused-ring (bicyclic) bond motifs is 1. The summed E-state index contributed by atoms with van der Waals surface area (Å²) in [5, 5.41) is 3.64. The molecule has 0 aliphatic rings. The van der Waals surface area contributed by atoms with Crippen LogP contribution in [0.5, 0.6) is 0 Å². The maximum Gasteiger partial charge on any atom is 0.262 e. The lowest BCUT2D eigenvalue weighted by Crippen LogP contribution is -2.24. The number of hydrogen-bond donors (Lipinski definition) is 1. The summed E-state index contributed by atoms with van der Waals surface area (Å²) in [7, 11) is 0. The maximum absolute atomic E-state index is 13.7. The summed E-state index contributed by atoms with van der Waals surface area (Å²) < 4.78 is 15.4. The number of halogens is 1. The van der Waals surface area contributed by atoms with E-state index in [1.54, 1.807) is 28.8 Å². The largest absolute Gasteiger partial charge is 0.323 e. The van der Waals surface area contributed by atoms with Crippen molar-refractivity contribution in [2.75, 3.05) is 11.1 Å². The van der Waals surface area contributed by atoms with Crippen LogP contribution in [0.2, 0.25) is 0 Å². The fourth-order valence-corrected chi connectivity index (χ4v) is 3.86. The molecule has 0 spiro atoms. The number of amides is 1. The van der Waals surface area contributed by atoms with Gasteiger partial charge in [0.2, 0.25) is 5.91 Å². The van der Waals surface area contributed by atoms with Crippen molar-refractivity contribution in [1.82, 2.24) is 9.55 Å². The summed E-state index contributed by atoms with van der Waals surface area (Å²) in [5.41, 5.74) is 0.657. The van der Waals surface area contributed by atoms with Gasteiger partial charge in [0.1, 0.15) is 5.82 Å². The molecule has 0 aliphatic carbocycles. The van der Waals surface area contributed by atoms with Gasteiger partial charge in [0.05, 0.1) is 22.3 Å². The smallest absolute Gasteiger partial charge is 0.262 e. The Morgan fingerprint density at radius 1 is 1.10 bits per heavy atom. The lowest BCUT2D eigenvalue weighted by Gasteiger charge is -2.13. The number of aromatic nitrogens is 2. The first-order chi connectivity index (χ1) is 14.1. The molecule has 29 heavy (non-hydrogen) atoms. The highest BCUT2D eigenvalue weighted by molar-refractivity contribution is 7.99. The molecule has 0 aliphatic heterocycles. The van der Waals surface area contributed by atoms with Crippen LogP contribution >= 0.6 is 11.8 Å². The zero-order valence-corrected chi connectivity index (χ0v) is 17.2. The molecule has 2 aromatic carbocycles. The quantitative estimate of drug-likeness (QED) is 0.310. The summed E-state index contributed by atoms with van der Waals surface area (Å²) >= 11 is 1.19. The number of anilines is 1. The van der Waals surface area contributed by atoms with E-state index in [-0.39, 0.29) is 22.9 Å². The Balaban J connectivity index is 1.78. The van der Waals surface area contributed by atoms with E-state index in [2.05, 4.69) is 17.2 Å². The van der Waals surface area contributed by atoms with Gasteiger partial charge in [-0.1, -0.05) is 62.2 Å². The fourth-order valence-electron chi connectivity index (χ4n) is 3.03. The van der Waals surface area contributed by atoms with Crippen molar-refractivity contribution in [2.45, 2.75) is 44.3 Å². The van der Waals surface area contributed by atoms with Crippen LogP contribution in [0.4, 0.5) is 10.1 Å². The lowest BCUT2D eigenvalue weighted by molar-refractivity contribution is -0.113. The number of rotatable bonds is 9. The molecule has 5 nitrogen and oxygen atoms in total. The predicted octanol–water partition coefficient (Wildman–Crippen LogP) is 4.85. The Kier molecular flexibility index (Phi) is 7.41. The zero-order chi connectivity index (χ0) is 20.6.